The van der Waals surface area contributed by atoms with E-state index in [1.165, 1.54) is 5.57 Å². The third kappa shape index (κ3) is 2.62. The van der Waals surface area contributed by atoms with Gasteiger partial charge in [0.2, 0.25) is 0 Å². The van der Waals surface area contributed by atoms with Crippen molar-refractivity contribution in [3.8, 4) is 0 Å². The van der Waals surface area contributed by atoms with Gasteiger partial charge in [-0.25, -0.2) is 4.98 Å². The van der Waals surface area contributed by atoms with E-state index in [1.54, 1.807) is 6.20 Å². The van der Waals surface area contributed by atoms with Crippen LogP contribution >= 0.6 is 0 Å². The van der Waals surface area contributed by atoms with Crippen LogP contribution in [0.3, 0.4) is 0 Å². The van der Waals surface area contributed by atoms with Crippen molar-refractivity contribution in [2.24, 2.45) is 12.0 Å². The molecule has 0 aliphatic carbocycles. The van der Waals surface area contributed by atoms with Gasteiger partial charge in [-0.15, -0.1) is 0 Å². The summed E-state index contributed by atoms with van der Waals surface area (Å²) in [5.41, 5.74) is 11.3. The summed E-state index contributed by atoms with van der Waals surface area (Å²) in [6, 6.07) is 10.1. The Morgan fingerprint density at radius 1 is 1.25 bits per heavy atom. The Hall–Kier alpha value is -3.15. The molecule has 0 bridgehead atoms. The maximum Gasteiger partial charge on any atom is 0.126 e. The van der Waals surface area contributed by atoms with Crippen LogP contribution in [0.25, 0.3) is 16.5 Å². The first-order valence-electron chi connectivity index (χ1n) is 7.81. The molecule has 0 saturated carbocycles. The first-order valence-corrected chi connectivity index (χ1v) is 7.81. The van der Waals surface area contributed by atoms with Gasteiger partial charge in [-0.3, -0.25) is 9.67 Å². The fraction of sp³-hybridized carbons (Fsp3) is 0.167. The predicted octanol–water partition coefficient (Wildman–Crippen LogP) is 2.63. The summed E-state index contributed by atoms with van der Waals surface area (Å²) in [4.78, 5) is 8.72. The third-order valence-corrected chi connectivity index (χ3v) is 4.23. The number of nitrogens with one attached hydrogen (secondary N) is 1. The number of hydrogen-bond donors (Lipinski definition) is 2. The third-order valence-electron chi connectivity index (χ3n) is 4.23. The van der Waals surface area contributed by atoms with E-state index in [1.807, 2.05) is 36.2 Å². The van der Waals surface area contributed by atoms with Gasteiger partial charge in [-0.05, 0) is 29.3 Å². The average Bonchev–Trinajstić information content (AvgIpc) is 3.23. The van der Waals surface area contributed by atoms with Gasteiger partial charge in [0.05, 0.1) is 24.3 Å². The molecule has 1 aromatic carbocycles. The topological polar surface area (TPSA) is 81.1 Å². The standard InChI is InChI=1S/C18H18N6/c1-24-14(5-7-22-24)11-21-16-9-18(19)23-17-8-12(2-3-15(16)17)13-4-6-20-10-13/h2-9H,10-11H2,1H3,(H3,19,21,23). The van der Waals surface area contributed by atoms with Crippen LogP contribution in [0.2, 0.25) is 0 Å². The molecular formula is C18H18N6. The van der Waals surface area contributed by atoms with Gasteiger partial charge in [0, 0.05) is 36.6 Å². The fourth-order valence-electron chi connectivity index (χ4n) is 2.89. The quantitative estimate of drug-likeness (QED) is 0.775. The lowest BCUT2D eigenvalue weighted by atomic mass is 10.0. The van der Waals surface area contributed by atoms with Crippen LogP contribution in [0, 0.1) is 0 Å². The second-order valence-electron chi connectivity index (χ2n) is 5.81. The van der Waals surface area contributed by atoms with Gasteiger partial charge >= 0.3 is 0 Å². The molecule has 3 heterocycles. The minimum absolute atomic E-state index is 0.504. The molecular weight excluding hydrogens is 300 g/mol. The molecule has 4 rings (SSSR count). The molecule has 3 aromatic rings. The highest BCUT2D eigenvalue weighted by molar-refractivity contribution is 5.96. The molecule has 24 heavy (non-hydrogen) atoms. The van der Waals surface area contributed by atoms with Gasteiger partial charge in [0.15, 0.2) is 0 Å². The van der Waals surface area contributed by atoms with Crippen LogP contribution in [0.5, 0.6) is 0 Å². The Labute approximate surface area is 139 Å². The van der Waals surface area contributed by atoms with E-state index in [2.05, 4.69) is 38.6 Å². The summed E-state index contributed by atoms with van der Waals surface area (Å²) < 4.78 is 1.85. The molecule has 6 heteroatoms. The summed E-state index contributed by atoms with van der Waals surface area (Å²) in [6.07, 6.45) is 5.67. The van der Waals surface area contributed by atoms with Gasteiger partial charge in [-0.2, -0.15) is 5.10 Å². The molecule has 0 saturated heterocycles. The number of nitrogens with zero attached hydrogens (tertiary/aromatic N) is 4. The number of aromatic nitrogens is 3. The van der Waals surface area contributed by atoms with Crippen LogP contribution in [0.4, 0.5) is 11.5 Å². The molecule has 0 radical (unpaired) electrons. The molecule has 1 aliphatic heterocycles. The monoisotopic (exact) mass is 318 g/mol. The molecule has 0 amide bonds. The summed E-state index contributed by atoms with van der Waals surface area (Å²) >= 11 is 0. The maximum atomic E-state index is 6.00. The van der Waals surface area contributed by atoms with Crippen molar-refractivity contribution in [1.82, 2.24) is 14.8 Å². The molecule has 6 nitrogen and oxygen atoms in total. The predicted molar refractivity (Wildman–Crippen MR) is 98.0 cm³/mol. The summed E-state index contributed by atoms with van der Waals surface area (Å²) in [5, 5.41) is 8.68. The first-order chi connectivity index (χ1) is 11.7. The van der Waals surface area contributed by atoms with Gasteiger partial charge in [0.1, 0.15) is 5.82 Å². The number of aryl methyl sites for hydroxylation is 1. The smallest absolute Gasteiger partial charge is 0.126 e. The van der Waals surface area contributed by atoms with E-state index in [0.29, 0.717) is 12.4 Å². The zero-order valence-electron chi connectivity index (χ0n) is 13.4. The minimum atomic E-state index is 0.504. The van der Waals surface area contributed by atoms with Crippen LogP contribution in [0.1, 0.15) is 11.3 Å². The number of allylic oxidation sites excluding steroid dienone is 1. The lowest BCUT2D eigenvalue weighted by Crippen LogP contribution is -2.06. The highest BCUT2D eigenvalue weighted by Gasteiger charge is 2.09. The second kappa shape index (κ2) is 5.81. The number of anilines is 2. The maximum absolute atomic E-state index is 6.00. The second-order valence-corrected chi connectivity index (χ2v) is 5.81. The van der Waals surface area contributed by atoms with E-state index in [9.17, 15) is 0 Å². The molecule has 3 N–H and O–H groups in total. The highest BCUT2D eigenvalue weighted by Crippen LogP contribution is 2.28. The Morgan fingerprint density at radius 3 is 2.92 bits per heavy atom. The molecule has 0 unspecified atom stereocenters. The Bertz CT molecular complexity index is 967. The lowest BCUT2D eigenvalue weighted by molar-refractivity contribution is 0.720. The number of nitrogens with two attached hydrogens (primary N) is 1. The Balaban J connectivity index is 1.68. The first kappa shape index (κ1) is 14.4. The number of pyridine rings is 1. The number of hydrogen-bond acceptors (Lipinski definition) is 5. The van der Waals surface area contributed by atoms with Crippen LogP contribution in [0.15, 0.2) is 47.6 Å². The average molecular weight is 318 g/mol. The molecule has 0 fully saturated rings. The molecule has 0 spiro atoms. The number of fused-ring (bicyclic) bond motifs is 1. The van der Waals surface area contributed by atoms with Crippen molar-refractivity contribution < 1.29 is 0 Å². The van der Waals surface area contributed by atoms with Crippen molar-refractivity contribution in [1.29, 1.82) is 0 Å². The number of rotatable bonds is 4. The van der Waals surface area contributed by atoms with Crippen molar-refractivity contribution in [3.05, 3.63) is 53.9 Å². The number of benzene rings is 1. The zero-order chi connectivity index (χ0) is 16.5. The van der Waals surface area contributed by atoms with Crippen molar-refractivity contribution >= 4 is 34.2 Å². The van der Waals surface area contributed by atoms with Crippen LogP contribution < -0.4 is 11.1 Å². The van der Waals surface area contributed by atoms with E-state index >= 15 is 0 Å². The van der Waals surface area contributed by atoms with Crippen molar-refractivity contribution in [3.63, 3.8) is 0 Å². The van der Waals surface area contributed by atoms with E-state index in [4.69, 9.17) is 5.73 Å². The Kier molecular flexibility index (Phi) is 3.49. The van der Waals surface area contributed by atoms with Crippen LogP contribution in [-0.4, -0.2) is 27.5 Å². The van der Waals surface area contributed by atoms with Crippen LogP contribution in [-0.2, 0) is 13.6 Å². The highest BCUT2D eigenvalue weighted by atomic mass is 15.3. The normalized spacial score (nSPS) is 13.5. The largest absolute Gasteiger partial charge is 0.384 e. The van der Waals surface area contributed by atoms with Crippen molar-refractivity contribution in [2.45, 2.75) is 6.54 Å². The van der Waals surface area contributed by atoms with E-state index < -0.39 is 0 Å². The summed E-state index contributed by atoms with van der Waals surface area (Å²) in [5.74, 6) is 0.504. The molecule has 0 atom stereocenters. The minimum Gasteiger partial charge on any atom is -0.384 e. The van der Waals surface area contributed by atoms with E-state index in [-0.39, 0.29) is 0 Å². The molecule has 2 aromatic heterocycles. The summed E-state index contributed by atoms with van der Waals surface area (Å²) in [7, 11) is 1.93. The van der Waals surface area contributed by atoms with Crippen molar-refractivity contribution in [2.75, 3.05) is 17.6 Å². The van der Waals surface area contributed by atoms with Gasteiger partial charge in [0.25, 0.3) is 0 Å². The van der Waals surface area contributed by atoms with Gasteiger partial charge in [-0.1, -0.05) is 12.1 Å². The number of aliphatic imine (C=N–C) groups is 1. The fourth-order valence-corrected chi connectivity index (χ4v) is 2.89. The number of nitrogen functional groups attached to an aromatic ring is 1. The van der Waals surface area contributed by atoms with Gasteiger partial charge < -0.3 is 11.1 Å². The summed E-state index contributed by atoms with van der Waals surface area (Å²) in [6.45, 7) is 1.40. The Morgan fingerprint density at radius 2 is 2.17 bits per heavy atom. The molecule has 1 aliphatic rings. The SMILES string of the molecule is Cn1nccc1CNc1cc(N)nc2cc(C3=CC=NC3)ccc12. The van der Waals surface area contributed by atoms with E-state index in [0.717, 1.165) is 34.4 Å². The molecule has 120 valence electrons. The zero-order valence-corrected chi connectivity index (χ0v) is 13.4. The lowest BCUT2D eigenvalue weighted by Gasteiger charge is -2.12.